The zero-order chi connectivity index (χ0) is 25.1. The molecule has 2 aromatic heterocycles. The van der Waals surface area contributed by atoms with Crippen LogP contribution in [-0.4, -0.2) is 62.9 Å². The summed E-state index contributed by atoms with van der Waals surface area (Å²) >= 11 is 0. The predicted molar refractivity (Wildman–Crippen MR) is 145 cm³/mol. The van der Waals surface area contributed by atoms with Gasteiger partial charge in [-0.05, 0) is 43.9 Å². The smallest absolute Gasteiger partial charge is 0.206 e. The average Bonchev–Trinajstić information content (AvgIpc) is 3.25. The Morgan fingerprint density at radius 2 is 1.83 bits per heavy atom. The Bertz CT molecular complexity index is 1290. The van der Waals surface area contributed by atoms with Gasteiger partial charge in [-0.1, -0.05) is 50.2 Å². The van der Waals surface area contributed by atoms with Crippen molar-refractivity contribution >= 4 is 27.9 Å². The Morgan fingerprint density at radius 3 is 2.61 bits per heavy atom. The molecule has 0 radical (unpaired) electrons. The van der Waals surface area contributed by atoms with Crippen LogP contribution in [0.5, 0.6) is 0 Å². The van der Waals surface area contributed by atoms with E-state index in [9.17, 15) is 5.11 Å². The lowest BCUT2D eigenvalue weighted by Crippen LogP contribution is -2.43. The van der Waals surface area contributed by atoms with E-state index in [2.05, 4.69) is 65.0 Å². The standard InChI is InChI=1S/C29H37N5O2/c1-4-36-28(23-11-7-9-21-10-8-16-30-27(21)23)34-25-13-6-5-12-24(25)32-29(34)31-22-14-17-33(18-15-22)19-26(35)20(2)3/h5-13,16,20,22,26,28,35H,4,14-15,17-19H2,1-3H3,(H,31,32). The van der Waals surface area contributed by atoms with Gasteiger partial charge >= 0.3 is 0 Å². The summed E-state index contributed by atoms with van der Waals surface area (Å²) in [5, 5.41) is 15.1. The van der Waals surface area contributed by atoms with Gasteiger partial charge in [-0.3, -0.25) is 9.55 Å². The number of imidazole rings is 1. The lowest BCUT2D eigenvalue weighted by molar-refractivity contribution is 0.0458. The van der Waals surface area contributed by atoms with Gasteiger partial charge in [0.25, 0.3) is 0 Å². The molecule has 1 fully saturated rings. The van der Waals surface area contributed by atoms with Crippen LogP contribution in [0.1, 0.15) is 45.4 Å². The number of hydrogen-bond acceptors (Lipinski definition) is 6. The SMILES string of the molecule is CCOC(c1cccc2cccnc12)n1c(NC2CCN(CC(O)C(C)C)CC2)nc2ccccc21. The lowest BCUT2D eigenvalue weighted by Gasteiger charge is -2.34. The number of pyridine rings is 1. The van der Waals surface area contributed by atoms with E-state index in [-0.39, 0.29) is 18.2 Å². The maximum absolute atomic E-state index is 10.3. The number of ether oxygens (including phenoxy) is 1. The fourth-order valence-electron chi connectivity index (χ4n) is 5.09. The summed E-state index contributed by atoms with van der Waals surface area (Å²) in [6.07, 6.45) is 3.21. The van der Waals surface area contributed by atoms with Crippen LogP contribution >= 0.6 is 0 Å². The first-order valence-electron chi connectivity index (χ1n) is 13.1. The molecule has 2 N–H and O–H groups in total. The fraction of sp³-hybridized carbons (Fsp3) is 0.448. The van der Waals surface area contributed by atoms with Crippen molar-refractivity contribution in [1.82, 2.24) is 19.4 Å². The van der Waals surface area contributed by atoms with Crippen LogP contribution in [0.25, 0.3) is 21.9 Å². The second-order valence-corrected chi connectivity index (χ2v) is 10.1. The monoisotopic (exact) mass is 487 g/mol. The summed E-state index contributed by atoms with van der Waals surface area (Å²) < 4.78 is 8.60. The van der Waals surface area contributed by atoms with Crippen LogP contribution in [0.4, 0.5) is 5.95 Å². The molecule has 1 saturated heterocycles. The Labute approximate surface area is 213 Å². The Morgan fingerprint density at radius 1 is 1.06 bits per heavy atom. The zero-order valence-corrected chi connectivity index (χ0v) is 21.5. The number of β-amino-alcohol motifs (C(OH)–C–C–N with tert-alkyl or cyclic N) is 1. The van der Waals surface area contributed by atoms with Crippen LogP contribution < -0.4 is 5.32 Å². The predicted octanol–water partition coefficient (Wildman–Crippen LogP) is 5.06. The molecule has 36 heavy (non-hydrogen) atoms. The van der Waals surface area contributed by atoms with Crippen molar-refractivity contribution in [2.75, 3.05) is 31.6 Å². The minimum absolute atomic E-state index is 0.278. The Kier molecular flexibility index (Phi) is 7.51. The summed E-state index contributed by atoms with van der Waals surface area (Å²) in [7, 11) is 0. The lowest BCUT2D eigenvalue weighted by atomic mass is 10.0. The molecule has 4 aromatic rings. The van der Waals surface area contributed by atoms with Gasteiger partial charge in [0.15, 0.2) is 6.23 Å². The number of fused-ring (bicyclic) bond motifs is 2. The molecule has 3 heterocycles. The third kappa shape index (κ3) is 5.09. The van der Waals surface area contributed by atoms with Crippen molar-refractivity contribution in [3.63, 3.8) is 0 Å². The number of likely N-dealkylation sites (tertiary alicyclic amines) is 1. The van der Waals surface area contributed by atoms with Gasteiger partial charge < -0.3 is 20.1 Å². The summed E-state index contributed by atoms with van der Waals surface area (Å²) in [6.45, 7) is 9.40. The van der Waals surface area contributed by atoms with Gasteiger partial charge in [0.05, 0.1) is 22.7 Å². The molecule has 0 spiro atoms. The number of hydrogen-bond donors (Lipinski definition) is 2. The van der Waals surface area contributed by atoms with Gasteiger partial charge in [0, 0.05) is 49.4 Å². The van der Waals surface area contributed by atoms with E-state index in [0.29, 0.717) is 12.6 Å². The van der Waals surface area contributed by atoms with Crippen molar-refractivity contribution in [2.24, 2.45) is 5.92 Å². The quantitative estimate of drug-likeness (QED) is 0.344. The molecule has 5 rings (SSSR count). The first-order valence-corrected chi connectivity index (χ1v) is 13.1. The molecular formula is C29H37N5O2. The largest absolute Gasteiger partial charge is 0.392 e. The number of nitrogens with one attached hydrogen (secondary N) is 1. The van der Waals surface area contributed by atoms with Gasteiger partial charge in [0.2, 0.25) is 5.95 Å². The highest BCUT2D eigenvalue weighted by molar-refractivity contribution is 5.83. The molecule has 1 aliphatic heterocycles. The van der Waals surface area contributed by atoms with E-state index >= 15 is 0 Å². The third-order valence-corrected chi connectivity index (χ3v) is 7.22. The second-order valence-electron chi connectivity index (χ2n) is 10.1. The first kappa shape index (κ1) is 24.7. The maximum Gasteiger partial charge on any atom is 0.206 e. The van der Waals surface area contributed by atoms with Gasteiger partial charge in [0.1, 0.15) is 0 Å². The minimum Gasteiger partial charge on any atom is -0.392 e. The van der Waals surface area contributed by atoms with E-state index in [4.69, 9.17) is 14.7 Å². The summed E-state index contributed by atoms with van der Waals surface area (Å²) in [5.41, 5.74) is 3.94. The minimum atomic E-state index is -0.357. The zero-order valence-electron chi connectivity index (χ0n) is 21.5. The number of nitrogens with zero attached hydrogens (tertiary/aromatic N) is 4. The van der Waals surface area contributed by atoms with E-state index in [0.717, 1.165) is 65.9 Å². The van der Waals surface area contributed by atoms with Crippen molar-refractivity contribution in [3.8, 4) is 0 Å². The normalized spacial score (nSPS) is 17.1. The Hall–Kier alpha value is -3.00. The highest BCUT2D eigenvalue weighted by Crippen LogP contribution is 2.33. The van der Waals surface area contributed by atoms with Crippen molar-refractivity contribution < 1.29 is 9.84 Å². The van der Waals surface area contributed by atoms with E-state index in [1.54, 1.807) is 0 Å². The number of aliphatic hydroxyl groups excluding tert-OH is 1. The van der Waals surface area contributed by atoms with Gasteiger partial charge in [-0.2, -0.15) is 0 Å². The maximum atomic E-state index is 10.3. The van der Waals surface area contributed by atoms with Gasteiger partial charge in [-0.15, -0.1) is 0 Å². The van der Waals surface area contributed by atoms with Crippen LogP contribution in [-0.2, 0) is 4.74 Å². The number of rotatable bonds is 9. The number of aromatic nitrogens is 3. The third-order valence-electron chi connectivity index (χ3n) is 7.22. The topological polar surface area (TPSA) is 75.4 Å². The first-order chi connectivity index (χ1) is 17.5. The molecule has 1 aliphatic rings. The fourth-order valence-corrected chi connectivity index (χ4v) is 5.09. The summed E-state index contributed by atoms with van der Waals surface area (Å²) in [5.74, 6) is 1.10. The molecule has 7 heteroatoms. The second kappa shape index (κ2) is 10.9. The molecule has 2 aromatic carbocycles. The molecule has 0 aliphatic carbocycles. The highest BCUT2D eigenvalue weighted by Gasteiger charge is 2.27. The molecule has 0 bridgehead atoms. The number of aliphatic hydroxyl groups is 1. The van der Waals surface area contributed by atoms with Crippen LogP contribution in [0.3, 0.4) is 0 Å². The van der Waals surface area contributed by atoms with Crippen LogP contribution in [0.2, 0.25) is 0 Å². The molecule has 0 saturated carbocycles. The molecule has 190 valence electrons. The molecule has 7 nitrogen and oxygen atoms in total. The highest BCUT2D eigenvalue weighted by atomic mass is 16.5. The molecule has 2 unspecified atom stereocenters. The van der Waals surface area contributed by atoms with Crippen LogP contribution in [0.15, 0.2) is 60.8 Å². The van der Waals surface area contributed by atoms with Gasteiger partial charge in [-0.25, -0.2) is 4.98 Å². The van der Waals surface area contributed by atoms with E-state index in [1.807, 2.05) is 31.3 Å². The van der Waals surface area contributed by atoms with Crippen molar-refractivity contribution in [3.05, 3.63) is 66.4 Å². The van der Waals surface area contributed by atoms with E-state index in [1.165, 1.54) is 0 Å². The van der Waals surface area contributed by atoms with E-state index < -0.39 is 0 Å². The number of para-hydroxylation sites is 3. The number of piperidine rings is 1. The van der Waals surface area contributed by atoms with Crippen LogP contribution in [0, 0.1) is 5.92 Å². The number of anilines is 1. The molecular weight excluding hydrogens is 450 g/mol. The molecule has 0 amide bonds. The van der Waals surface area contributed by atoms with Crippen molar-refractivity contribution in [1.29, 1.82) is 0 Å². The summed E-state index contributed by atoms with van der Waals surface area (Å²) in [4.78, 5) is 12.1. The van der Waals surface area contributed by atoms with Crippen molar-refractivity contribution in [2.45, 2.75) is 52.0 Å². The summed E-state index contributed by atoms with van der Waals surface area (Å²) in [6, 6.07) is 18.9. The number of benzene rings is 2. The Balaban J connectivity index is 1.46. The molecule has 2 atom stereocenters. The average molecular weight is 488 g/mol.